The number of hydrogen-bond donors (Lipinski definition) is 1. The Morgan fingerprint density at radius 1 is 1.33 bits per heavy atom. The molecule has 0 atom stereocenters. The summed E-state index contributed by atoms with van der Waals surface area (Å²) in [6, 6.07) is 5.77. The van der Waals surface area contributed by atoms with Crippen LogP contribution >= 0.6 is 11.6 Å². The van der Waals surface area contributed by atoms with Crippen molar-refractivity contribution in [1.29, 1.82) is 0 Å². The summed E-state index contributed by atoms with van der Waals surface area (Å²) < 4.78 is 5.52. The molecule has 0 saturated carbocycles. The van der Waals surface area contributed by atoms with Crippen molar-refractivity contribution in [2.75, 3.05) is 19.0 Å². The minimum Gasteiger partial charge on any atom is -0.476 e. The summed E-state index contributed by atoms with van der Waals surface area (Å²) in [6.07, 6.45) is 3.97. The predicted molar refractivity (Wildman–Crippen MR) is 70.0 cm³/mol. The fourth-order valence-corrected chi connectivity index (χ4v) is 1.52. The van der Waals surface area contributed by atoms with Crippen molar-refractivity contribution in [3.63, 3.8) is 0 Å². The molecule has 0 spiro atoms. The van der Waals surface area contributed by atoms with Gasteiger partial charge < -0.3 is 10.1 Å². The minimum atomic E-state index is 0.381. The van der Waals surface area contributed by atoms with E-state index in [2.05, 4.69) is 20.3 Å². The molecule has 0 saturated heterocycles. The molecule has 0 amide bonds. The van der Waals surface area contributed by atoms with E-state index in [1.165, 1.54) is 6.20 Å². The Balaban J connectivity index is 1.94. The highest BCUT2D eigenvalue weighted by Crippen LogP contribution is 2.21. The van der Waals surface area contributed by atoms with Gasteiger partial charge in [-0.05, 0) is 12.1 Å². The van der Waals surface area contributed by atoms with Gasteiger partial charge in [0.25, 0.3) is 0 Å². The smallest absolute Gasteiger partial charge is 0.237 e. The molecule has 0 unspecified atom stereocenters. The molecule has 94 valence electrons. The van der Waals surface area contributed by atoms with Crippen molar-refractivity contribution in [3.8, 4) is 5.88 Å². The largest absolute Gasteiger partial charge is 0.476 e. The lowest BCUT2D eigenvalue weighted by Gasteiger charge is -2.07. The fourth-order valence-electron chi connectivity index (χ4n) is 1.37. The molecule has 0 aliphatic heterocycles. The number of rotatable bonds is 5. The highest BCUT2D eigenvalue weighted by atomic mass is 35.5. The van der Waals surface area contributed by atoms with Crippen LogP contribution in [0.1, 0.15) is 5.69 Å². The van der Waals surface area contributed by atoms with Crippen LogP contribution in [0.3, 0.4) is 0 Å². The maximum Gasteiger partial charge on any atom is 0.237 e. The van der Waals surface area contributed by atoms with Crippen LogP contribution in [0.4, 0.5) is 5.95 Å². The predicted octanol–water partition coefficient (Wildman–Crippen LogP) is 2.19. The molecule has 5 nitrogen and oxygen atoms in total. The van der Waals surface area contributed by atoms with Gasteiger partial charge in [-0.1, -0.05) is 17.7 Å². The van der Waals surface area contributed by atoms with Crippen LogP contribution in [0.15, 0.2) is 30.6 Å². The first-order chi connectivity index (χ1) is 8.79. The fraction of sp³-hybridized carbons (Fsp3) is 0.250. The minimum absolute atomic E-state index is 0.381. The lowest BCUT2D eigenvalue weighted by atomic mass is 10.3. The van der Waals surface area contributed by atoms with E-state index < -0.39 is 0 Å². The quantitative estimate of drug-likeness (QED) is 0.897. The summed E-state index contributed by atoms with van der Waals surface area (Å²) in [5, 5.41) is 3.23. The molecule has 0 fully saturated rings. The van der Waals surface area contributed by atoms with E-state index in [0.717, 1.165) is 5.69 Å². The van der Waals surface area contributed by atoms with E-state index in [-0.39, 0.29) is 0 Å². The van der Waals surface area contributed by atoms with Crippen LogP contribution in [0.2, 0.25) is 5.02 Å². The van der Waals surface area contributed by atoms with Crippen molar-refractivity contribution in [3.05, 3.63) is 41.3 Å². The summed E-state index contributed by atoms with van der Waals surface area (Å²) in [6.45, 7) is 0.469. The third-order valence-electron chi connectivity index (χ3n) is 2.26. The highest BCUT2D eigenvalue weighted by Gasteiger charge is 2.06. The van der Waals surface area contributed by atoms with Gasteiger partial charge in [0.15, 0.2) is 0 Å². The molecule has 2 heterocycles. The summed E-state index contributed by atoms with van der Waals surface area (Å²) in [7, 11) is 1.74. The third kappa shape index (κ3) is 3.30. The van der Waals surface area contributed by atoms with E-state index in [9.17, 15) is 0 Å². The third-order valence-corrected chi connectivity index (χ3v) is 2.52. The van der Waals surface area contributed by atoms with Crippen LogP contribution in [-0.2, 0) is 6.42 Å². The Hall–Kier alpha value is -1.88. The molecular weight excluding hydrogens is 252 g/mol. The van der Waals surface area contributed by atoms with Crippen LogP contribution in [-0.4, -0.2) is 28.6 Å². The van der Waals surface area contributed by atoms with Crippen molar-refractivity contribution in [2.45, 2.75) is 6.42 Å². The van der Waals surface area contributed by atoms with Crippen molar-refractivity contribution in [2.24, 2.45) is 0 Å². The molecule has 2 aromatic heterocycles. The molecular formula is C12H13ClN4O. The lowest BCUT2D eigenvalue weighted by molar-refractivity contribution is 0.308. The van der Waals surface area contributed by atoms with Crippen LogP contribution in [0.5, 0.6) is 5.88 Å². The van der Waals surface area contributed by atoms with Crippen molar-refractivity contribution < 1.29 is 4.74 Å². The number of aromatic nitrogens is 3. The first kappa shape index (κ1) is 12.6. The zero-order valence-electron chi connectivity index (χ0n) is 9.93. The number of ether oxygens (including phenoxy) is 1. The first-order valence-corrected chi connectivity index (χ1v) is 5.90. The Labute approximate surface area is 110 Å². The number of hydrogen-bond acceptors (Lipinski definition) is 5. The van der Waals surface area contributed by atoms with E-state index in [1.807, 2.05) is 18.2 Å². The van der Waals surface area contributed by atoms with E-state index in [0.29, 0.717) is 29.9 Å². The van der Waals surface area contributed by atoms with Crippen molar-refractivity contribution in [1.82, 2.24) is 15.0 Å². The second-order valence-electron chi connectivity index (χ2n) is 3.52. The summed E-state index contributed by atoms with van der Waals surface area (Å²) in [5.74, 6) is 0.860. The molecule has 2 rings (SSSR count). The van der Waals surface area contributed by atoms with Gasteiger partial charge in [0.2, 0.25) is 11.8 Å². The zero-order valence-corrected chi connectivity index (χ0v) is 10.7. The Morgan fingerprint density at radius 2 is 2.22 bits per heavy atom. The molecule has 18 heavy (non-hydrogen) atoms. The molecule has 0 bridgehead atoms. The summed E-state index contributed by atoms with van der Waals surface area (Å²) >= 11 is 5.94. The first-order valence-electron chi connectivity index (χ1n) is 5.52. The SMILES string of the molecule is CNc1ncc(Cl)c(OCCc2ccccn2)n1. The number of anilines is 1. The normalized spacial score (nSPS) is 10.1. The summed E-state index contributed by atoms with van der Waals surface area (Å²) in [4.78, 5) is 12.3. The number of halogens is 1. The highest BCUT2D eigenvalue weighted by molar-refractivity contribution is 6.31. The topological polar surface area (TPSA) is 59.9 Å². The number of nitrogens with zero attached hydrogens (tertiary/aromatic N) is 3. The van der Waals surface area contributed by atoms with Gasteiger partial charge in [-0.15, -0.1) is 0 Å². The van der Waals surface area contributed by atoms with Gasteiger partial charge in [0.1, 0.15) is 5.02 Å². The average molecular weight is 265 g/mol. The monoisotopic (exact) mass is 264 g/mol. The van der Waals surface area contributed by atoms with Gasteiger partial charge in [-0.3, -0.25) is 4.98 Å². The maximum atomic E-state index is 5.94. The van der Waals surface area contributed by atoms with Gasteiger partial charge in [-0.2, -0.15) is 4.98 Å². The molecule has 0 radical (unpaired) electrons. The Bertz CT molecular complexity index is 507. The van der Waals surface area contributed by atoms with Gasteiger partial charge in [-0.25, -0.2) is 4.98 Å². The second-order valence-corrected chi connectivity index (χ2v) is 3.92. The van der Waals surface area contributed by atoms with Crippen LogP contribution in [0, 0.1) is 0 Å². The number of pyridine rings is 1. The Kier molecular flexibility index (Phi) is 4.30. The van der Waals surface area contributed by atoms with Crippen molar-refractivity contribution >= 4 is 17.5 Å². The standard InChI is InChI=1S/C12H13ClN4O/c1-14-12-16-8-10(13)11(17-12)18-7-5-9-4-2-3-6-15-9/h2-4,6,8H,5,7H2,1H3,(H,14,16,17). The van der Waals surface area contributed by atoms with E-state index in [1.54, 1.807) is 13.2 Å². The molecule has 0 aliphatic rings. The van der Waals surface area contributed by atoms with Gasteiger partial charge in [0, 0.05) is 25.4 Å². The number of nitrogens with one attached hydrogen (secondary N) is 1. The molecule has 1 N–H and O–H groups in total. The zero-order chi connectivity index (χ0) is 12.8. The molecule has 0 aromatic carbocycles. The lowest BCUT2D eigenvalue weighted by Crippen LogP contribution is -2.06. The van der Waals surface area contributed by atoms with E-state index in [4.69, 9.17) is 16.3 Å². The van der Waals surface area contributed by atoms with Gasteiger partial charge in [0.05, 0.1) is 12.8 Å². The average Bonchev–Trinajstić information content (AvgIpc) is 2.42. The van der Waals surface area contributed by atoms with Crippen LogP contribution < -0.4 is 10.1 Å². The van der Waals surface area contributed by atoms with E-state index >= 15 is 0 Å². The molecule has 6 heteroatoms. The molecule has 0 aliphatic carbocycles. The maximum absolute atomic E-state index is 5.94. The second kappa shape index (κ2) is 6.16. The van der Waals surface area contributed by atoms with Crippen LogP contribution in [0.25, 0.3) is 0 Å². The molecule has 2 aromatic rings. The van der Waals surface area contributed by atoms with Gasteiger partial charge >= 0.3 is 0 Å². The summed E-state index contributed by atoms with van der Waals surface area (Å²) in [5.41, 5.74) is 0.969. The Morgan fingerprint density at radius 3 is 2.94 bits per heavy atom.